The van der Waals surface area contributed by atoms with E-state index in [2.05, 4.69) is 16.0 Å². The minimum absolute atomic E-state index is 0.0409. The van der Waals surface area contributed by atoms with Crippen molar-refractivity contribution in [2.75, 3.05) is 17.6 Å². The van der Waals surface area contributed by atoms with Crippen molar-refractivity contribution in [3.8, 4) is 11.1 Å². The van der Waals surface area contributed by atoms with Crippen LogP contribution in [-0.2, 0) is 17.6 Å². The van der Waals surface area contributed by atoms with Gasteiger partial charge in [-0.25, -0.2) is 0 Å². The molecule has 4 aromatic rings. The van der Waals surface area contributed by atoms with Crippen LogP contribution in [0.25, 0.3) is 11.1 Å². The van der Waals surface area contributed by atoms with Crippen molar-refractivity contribution in [1.82, 2.24) is 5.32 Å². The highest BCUT2D eigenvalue weighted by Crippen LogP contribution is 2.29. The Kier molecular flexibility index (Phi) is 7.95. The van der Waals surface area contributed by atoms with Crippen LogP contribution in [0.2, 0.25) is 0 Å². The molecule has 1 aromatic heterocycles. The number of hydrogen-bond acceptors (Lipinski definition) is 4. The lowest BCUT2D eigenvalue weighted by atomic mass is 9.91. The second kappa shape index (κ2) is 11.5. The molecule has 0 aliphatic rings. The van der Waals surface area contributed by atoms with Crippen LogP contribution in [0.1, 0.15) is 28.4 Å². The van der Waals surface area contributed by atoms with Gasteiger partial charge in [0.05, 0.1) is 11.4 Å². The summed E-state index contributed by atoms with van der Waals surface area (Å²) in [5, 5.41) is 9.95. The molecule has 0 fully saturated rings. The van der Waals surface area contributed by atoms with Crippen LogP contribution >= 0.6 is 11.3 Å². The number of nitrogens with one attached hydrogen (secondary N) is 2. The Labute approximate surface area is 210 Å². The Morgan fingerprint density at radius 1 is 0.886 bits per heavy atom. The monoisotopic (exact) mass is 483 g/mol. The fourth-order valence-corrected chi connectivity index (χ4v) is 4.68. The molecule has 5 nitrogen and oxygen atoms in total. The number of nitrogen functional groups attached to an aromatic ring is 1. The first-order chi connectivity index (χ1) is 17.0. The summed E-state index contributed by atoms with van der Waals surface area (Å²) in [7, 11) is 0. The third-order valence-corrected chi connectivity index (χ3v) is 6.58. The molecular formula is C29H29N3O2S. The highest BCUT2D eigenvalue weighted by Gasteiger charge is 2.19. The molecule has 1 atom stereocenters. The second-order valence-corrected chi connectivity index (χ2v) is 9.23. The minimum Gasteiger partial charge on any atom is -0.397 e. The van der Waals surface area contributed by atoms with Gasteiger partial charge in [-0.2, -0.15) is 11.3 Å². The van der Waals surface area contributed by atoms with Crippen molar-refractivity contribution in [3.05, 3.63) is 106 Å². The highest BCUT2D eigenvalue weighted by atomic mass is 32.1. The first-order valence-electron chi connectivity index (χ1n) is 11.7. The molecule has 3 aromatic carbocycles. The van der Waals surface area contributed by atoms with Crippen LogP contribution in [0.5, 0.6) is 0 Å². The van der Waals surface area contributed by atoms with Crippen LogP contribution in [0, 0.1) is 5.92 Å². The van der Waals surface area contributed by atoms with E-state index in [1.54, 1.807) is 29.5 Å². The van der Waals surface area contributed by atoms with E-state index in [0.717, 1.165) is 22.3 Å². The number of carbonyl (C=O) groups is 2. The van der Waals surface area contributed by atoms with Crippen LogP contribution in [0.4, 0.5) is 11.4 Å². The zero-order valence-corrected chi connectivity index (χ0v) is 20.5. The van der Waals surface area contributed by atoms with Crippen LogP contribution in [0.15, 0.2) is 89.6 Å². The van der Waals surface area contributed by atoms with Gasteiger partial charge in [0.15, 0.2) is 0 Å². The van der Waals surface area contributed by atoms with Gasteiger partial charge >= 0.3 is 0 Å². The first-order valence-corrected chi connectivity index (χ1v) is 12.6. The van der Waals surface area contributed by atoms with E-state index in [1.165, 1.54) is 0 Å². The first kappa shape index (κ1) is 24.2. The summed E-state index contributed by atoms with van der Waals surface area (Å²) >= 11 is 1.62. The topological polar surface area (TPSA) is 84.2 Å². The van der Waals surface area contributed by atoms with E-state index in [9.17, 15) is 9.59 Å². The summed E-state index contributed by atoms with van der Waals surface area (Å²) in [5.74, 6) is -0.369. The fourth-order valence-electron chi connectivity index (χ4n) is 4.02. The average molecular weight is 484 g/mol. The van der Waals surface area contributed by atoms with Gasteiger partial charge in [0, 0.05) is 18.0 Å². The maximum absolute atomic E-state index is 12.9. The largest absolute Gasteiger partial charge is 0.397 e. The third-order valence-electron chi connectivity index (χ3n) is 5.90. The summed E-state index contributed by atoms with van der Waals surface area (Å²) in [6.45, 7) is 2.52. The molecule has 1 heterocycles. The Morgan fingerprint density at radius 3 is 2.26 bits per heavy atom. The van der Waals surface area contributed by atoms with Gasteiger partial charge < -0.3 is 16.4 Å². The molecule has 0 spiro atoms. The predicted molar refractivity (Wildman–Crippen MR) is 145 cm³/mol. The zero-order chi connectivity index (χ0) is 24.6. The van der Waals surface area contributed by atoms with Crippen molar-refractivity contribution in [2.24, 2.45) is 5.92 Å². The van der Waals surface area contributed by atoms with Crippen molar-refractivity contribution in [2.45, 2.75) is 19.8 Å². The number of nitrogens with two attached hydrogens (primary N) is 1. The van der Waals surface area contributed by atoms with Gasteiger partial charge in [-0.15, -0.1) is 0 Å². The number of amides is 2. The maximum atomic E-state index is 12.9. The van der Waals surface area contributed by atoms with Gasteiger partial charge in [0.1, 0.15) is 0 Å². The molecule has 35 heavy (non-hydrogen) atoms. The predicted octanol–water partition coefficient (Wildman–Crippen LogP) is 5.79. The lowest BCUT2D eigenvalue weighted by molar-refractivity contribution is -0.124. The molecular weight excluding hydrogens is 454 g/mol. The van der Waals surface area contributed by atoms with Crippen molar-refractivity contribution >= 4 is 34.5 Å². The van der Waals surface area contributed by atoms with E-state index in [-0.39, 0.29) is 17.7 Å². The molecule has 0 aliphatic heterocycles. The number of benzene rings is 3. The van der Waals surface area contributed by atoms with Crippen molar-refractivity contribution < 1.29 is 9.59 Å². The molecule has 4 N–H and O–H groups in total. The summed E-state index contributed by atoms with van der Waals surface area (Å²) in [6.07, 6.45) is 1.26. The molecule has 0 aliphatic carbocycles. The molecule has 0 saturated carbocycles. The lowest BCUT2D eigenvalue weighted by Crippen LogP contribution is -2.33. The molecule has 6 heteroatoms. The number of anilines is 2. The Bertz CT molecular complexity index is 1270. The standard InChI is InChI=1S/C29H29N3O2S/c1-2-31-28(33)25(16-20-6-4-3-5-7-20)17-21-8-10-22(11-9-21)29(34)32-27-18-23(12-13-26(27)30)24-14-15-35-19-24/h3-15,18-19,25H,2,16-17,30H2,1H3,(H,31,33)(H,32,34)/t25-/m0/s1. The third kappa shape index (κ3) is 6.37. The maximum Gasteiger partial charge on any atom is 0.255 e. The smallest absolute Gasteiger partial charge is 0.255 e. The fraction of sp³-hybridized carbons (Fsp3) is 0.172. The van der Waals surface area contributed by atoms with Crippen molar-refractivity contribution in [1.29, 1.82) is 0 Å². The number of carbonyl (C=O) groups excluding carboxylic acids is 2. The molecule has 4 rings (SSSR count). The van der Waals surface area contributed by atoms with E-state index < -0.39 is 0 Å². The number of thiophene rings is 1. The van der Waals surface area contributed by atoms with Crippen LogP contribution < -0.4 is 16.4 Å². The minimum atomic E-state index is -0.227. The van der Waals surface area contributed by atoms with Gasteiger partial charge in [-0.05, 0) is 83.1 Å². The normalized spacial score (nSPS) is 11.6. The van der Waals surface area contributed by atoms with E-state index in [0.29, 0.717) is 36.3 Å². The zero-order valence-electron chi connectivity index (χ0n) is 19.7. The van der Waals surface area contributed by atoms with Gasteiger partial charge in [-0.3, -0.25) is 9.59 Å². The van der Waals surface area contributed by atoms with Crippen LogP contribution in [-0.4, -0.2) is 18.4 Å². The highest BCUT2D eigenvalue weighted by molar-refractivity contribution is 7.08. The molecule has 2 amide bonds. The molecule has 0 saturated heterocycles. The van der Waals surface area contributed by atoms with E-state index in [4.69, 9.17) is 5.73 Å². The SMILES string of the molecule is CCNC(=O)[C@@H](Cc1ccccc1)Cc1ccc(C(=O)Nc2cc(-c3ccsc3)ccc2N)cc1. The molecule has 0 radical (unpaired) electrons. The second-order valence-electron chi connectivity index (χ2n) is 8.45. The van der Waals surface area contributed by atoms with E-state index in [1.807, 2.05) is 73.0 Å². The average Bonchev–Trinajstić information content (AvgIpc) is 3.41. The molecule has 0 unspecified atom stereocenters. The summed E-state index contributed by atoms with van der Waals surface area (Å²) in [6, 6.07) is 25.1. The Morgan fingerprint density at radius 2 is 1.60 bits per heavy atom. The molecule has 0 bridgehead atoms. The lowest BCUT2D eigenvalue weighted by Gasteiger charge is -2.17. The quantitative estimate of drug-likeness (QED) is 0.264. The number of hydrogen-bond donors (Lipinski definition) is 3. The van der Waals surface area contributed by atoms with Gasteiger partial charge in [0.25, 0.3) is 5.91 Å². The molecule has 178 valence electrons. The Hall–Kier alpha value is -3.90. The summed E-state index contributed by atoms with van der Waals surface area (Å²) < 4.78 is 0. The van der Waals surface area contributed by atoms with Crippen LogP contribution in [0.3, 0.4) is 0 Å². The van der Waals surface area contributed by atoms with Gasteiger partial charge in [-0.1, -0.05) is 48.5 Å². The summed E-state index contributed by atoms with van der Waals surface area (Å²) in [4.78, 5) is 25.6. The summed E-state index contributed by atoms with van der Waals surface area (Å²) in [5.41, 5.74) is 12.0. The Balaban J connectivity index is 1.45. The van der Waals surface area contributed by atoms with E-state index >= 15 is 0 Å². The van der Waals surface area contributed by atoms with Gasteiger partial charge in [0.2, 0.25) is 5.91 Å². The number of rotatable bonds is 9. The van der Waals surface area contributed by atoms with Crippen molar-refractivity contribution in [3.63, 3.8) is 0 Å².